The molecule has 1 aliphatic carbocycles. The monoisotopic (exact) mass is 257 g/mol. The lowest BCUT2D eigenvalue weighted by atomic mass is 9.78. The Labute approximate surface area is 106 Å². The summed E-state index contributed by atoms with van der Waals surface area (Å²) in [5.41, 5.74) is 5.84. The van der Waals surface area contributed by atoms with E-state index in [4.69, 9.17) is 17.3 Å². The molecule has 0 amide bonds. The quantitative estimate of drug-likeness (QED) is 0.856. The van der Waals surface area contributed by atoms with Crippen LogP contribution in [-0.2, 0) is 6.42 Å². The SMILES string of the molecule is NC1CCCC(O)(Cc2ccc(Cl)c(F)c2)C1. The van der Waals surface area contributed by atoms with Crippen LogP contribution >= 0.6 is 11.6 Å². The molecule has 2 atom stereocenters. The van der Waals surface area contributed by atoms with Gasteiger partial charge < -0.3 is 10.8 Å². The molecule has 1 saturated carbocycles. The Hall–Kier alpha value is -0.640. The molecule has 1 aromatic rings. The van der Waals surface area contributed by atoms with Crippen molar-refractivity contribution >= 4 is 11.6 Å². The average molecular weight is 258 g/mol. The Kier molecular flexibility index (Phi) is 3.71. The van der Waals surface area contributed by atoms with E-state index in [1.165, 1.54) is 12.1 Å². The van der Waals surface area contributed by atoms with Crippen LogP contribution in [0.15, 0.2) is 18.2 Å². The predicted octanol–water partition coefficient (Wildman–Crippen LogP) is 2.65. The maximum Gasteiger partial charge on any atom is 0.142 e. The molecule has 2 unspecified atom stereocenters. The minimum atomic E-state index is -0.794. The summed E-state index contributed by atoms with van der Waals surface area (Å²) in [7, 11) is 0. The summed E-state index contributed by atoms with van der Waals surface area (Å²) < 4.78 is 13.3. The summed E-state index contributed by atoms with van der Waals surface area (Å²) in [5.74, 6) is -0.437. The fraction of sp³-hybridized carbons (Fsp3) is 0.538. The molecule has 1 aromatic carbocycles. The summed E-state index contributed by atoms with van der Waals surface area (Å²) in [4.78, 5) is 0. The first-order valence-corrected chi connectivity index (χ1v) is 6.28. The maximum absolute atomic E-state index is 13.3. The molecule has 2 nitrogen and oxygen atoms in total. The van der Waals surface area contributed by atoms with Crippen LogP contribution in [-0.4, -0.2) is 16.7 Å². The first-order chi connectivity index (χ1) is 7.98. The number of rotatable bonds is 2. The second-order valence-corrected chi connectivity index (χ2v) is 5.41. The number of halogens is 2. The van der Waals surface area contributed by atoms with Gasteiger partial charge in [0.05, 0.1) is 10.6 Å². The molecular formula is C13H17ClFNO. The molecule has 3 N–H and O–H groups in total. The van der Waals surface area contributed by atoms with Gasteiger partial charge in [0.15, 0.2) is 0 Å². The normalized spacial score (nSPS) is 29.3. The minimum absolute atomic E-state index is 0.0471. The zero-order valence-corrected chi connectivity index (χ0v) is 10.4. The van der Waals surface area contributed by atoms with Gasteiger partial charge in [-0.2, -0.15) is 0 Å². The molecule has 17 heavy (non-hydrogen) atoms. The molecule has 0 radical (unpaired) electrons. The number of hydrogen-bond acceptors (Lipinski definition) is 2. The van der Waals surface area contributed by atoms with E-state index in [9.17, 15) is 9.50 Å². The molecule has 0 heterocycles. The van der Waals surface area contributed by atoms with Gasteiger partial charge in [0.25, 0.3) is 0 Å². The number of aliphatic hydroxyl groups is 1. The van der Waals surface area contributed by atoms with E-state index in [0.29, 0.717) is 12.8 Å². The third-order valence-corrected chi connectivity index (χ3v) is 3.68. The summed E-state index contributed by atoms with van der Waals surface area (Å²) in [5, 5.41) is 10.5. The van der Waals surface area contributed by atoms with Gasteiger partial charge in [0.2, 0.25) is 0 Å². The van der Waals surface area contributed by atoms with Gasteiger partial charge in [-0.25, -0.2) is 4.39 Å². The van der Waals surface area contributed by atoms with E-state index in [1.54, 1.807) is 6.07 Å². The predicted molar refractivity (Wildman–Crippen MR) is 66.5 cm³/mol. The van der Waals surface area contributed by atoms with Crippen molar-refractivity contribution in [3.05, 3.63) is 34.6 Å². The molecule has 94 valence electrons. The Balaban J connectivity index is 2.11. The summed E-state index contributed by atoms with van der Waals surface area (Å²) >= 11 is 5.62. The third kappa shape index (κ3) is 3.18. The highest BCUT2D eigenvalue weighted by atomic mass is 35.5. The second-order valence-electron chi connectivity index (χ2n) is 5.01. The van der Waals surface area contributed by atoms with Crippen molar-refractivity contribution < 1.29 is 9.50 Å². The van der Waals surface area contributed by atoms with Crippen molar-refractivity contribution in [2.24, 2.45) is 5.73 Å². The minimum Gasteiger partial charge on any atom is -0.389 e. The Morgan fingerprint density at radius 1 is 1.53 bits per heavy atom. The van der Waals surface area contributed by atoms with Crippen LogP contribution in [0.2, 0.25) is 5.02 Å². The second kappa shape index (κ2) is 4.92. The molecule has 4 heteroatoms. The van der Waals surface area contributed by atoms with Crippen molar-refractivity contribution in [2.45, 2.75) is 43.7 Å². The number of nitrogens with two attached hydrogens (primary N) is 1. The molecular weight excluding hydrogens is 241 g/mol. The Morgan fingerprint density at radius 3 is 2.94 bits per heavy atom. The van der Waals surface area contributed by atoms with E-state index < -0.39 is 11.4 Å². The highest BCUT2D eigenvalue weighted by Gasteiger charge is 2.33. The summed E-state index contributed by atoms with van der Waals surface area (Å²) in [6, 6.07) is 4.72. The van der Waals surface area contributed by atoms with Gasteiger partial charge in [-0.05, 0) is 43.4 Å². The molecule has 0 aliphatic heterocycles. The van der Waals surface area contributed by atoms with E-state index in [-0.39, 0.29) is 11.1 Å². The lowest BCUT2D eigenvalue weighted by Crippen LogP contribution is -2.42. The summed E-state index contributed by atoms with van der Waals surface area (Å²) in [6.45, 7) is 0. The Bertz CT molecular complexity index is 412. The molecule has 1 fully saturated rings. The van der Waals surface area contributed by atoms with Gasteiger partial charge in [-0.15, -0.1) is 0 Å². The zero-order chi connectivity index (χ0) is 12.5. The van der Waals surface area contributed by atoms with E-state index in [0.717, 1.165) is 24.8 Å². The zero-order valence-electron chi connectivity index (χ0n) is 9.63. The summed E-state index contributed by atoms with van der Waals surface area (Å²) in [6.07, 6.45) is 3.63. The molecule has 0 spiro atoms. The van der Waals surface area contributed by atoms with Crippen molar-refractivity contribution in [2.75, 3.05) is 0 Å². The van der Waals surface area contributed by atoms with Crippen LogP contribution in [0.1, 0.15) is 31.2 Å². The first-order valence-electron chi connectivity index (χ1n) is 5.90. The van der Waals surface area contributed by atoms with Crippen LogP contribution in [0.5, 0.6) is 0 Å². The van der Waals surface area contributed by atoms with Crippen LogP contribution in [0.25, 0.3) is 0 Å². The molecule has 0 aromatic heterocycles. The fourth-order valence-corrected chi connectivity index (χ4v) is 2.69. The van der Waals surface area contributed by atoms with E-state index in [2.05, 4.69) is 0 Å². The highest BCUT2D eigenvalue weighted by molar-refractivity contribution is 6.30. The molecule has 0 saturated heterocycles. The van der Waals surface area contributed by atoms with Crippen LogP contribution < -0.4 is 5.73 Å². The lowest BCUT2D eigenvalue weighted by molar-refractivity contribution is -0.00194. The van der Waals surface area contributed by atoms with Gasteiger partial charge in [-0.1, -0.05) is 17.7 Å². The first kappa shape index (κ1) is 12.8. The van der Waals surface area contributed by atoms with Crippen LogP contribution in [0.3, 0.4) is 0 Å². The van der Waals surface area contributed by atoms with Crippen molar-refractivity contribution in [3.8, 4) is 0 Å². The molecule has 1 aliphatic rings. The molecule has 0 bridgehead atoms. The van der Waals surface area contributed by atoms with Gasteiger partial charge in [0.1, 0.15) is 5.82 Å². The van der Waals surface area contributed by atoms with Crippen molar-refractivity contribution in [3.63, 3.8) is 0 Å². The van der Waals surface area contributed by atoms with Crippen molar-refractivity contribution in [1.82, 2.24) is 0 Å². The fourth-order valence-electron chi connectivity index (χ4n) is 2.58. The van der Waals surface area contributed by atoms with Crippen molar-refractivity contribution in [1.29, 1.82) is 0 Å². The topological polar surface area (TPSA) is 46.2 Å². The smallest absolute Gasteiger partial charge is 0.142 e. The number of hydrogen-bond donors (Lipinski definition) is 2. The van der Waals surface area contributed by atoms with Crippen LogP contribution in [0.4, 0.5) is 4.39 Å². The average Bonchev–Trinajstić information content (AvgIpc) is 2.22. The standard InChI is InChI=1S/C13H17ClFNO/c14-11-4-3-9(6-12(11)15)7-13(17)5-1-2-10(16)8-13/h3-4,6,10,17H,1-2,5,7-8,16H2. The Morgan fingerprint density at radius 2 is 2.29 bits per heavy atom. The third-order valence-electron chi connectivity index (χ3n) is 3.38. The largest absolute Gasteiger partial charge is 0.389 e. The van der Waals surface area contributed by atoms with Gasteiger partial charge in [0, 0.05) is 12.5 Å². The number of benzene rings is 1. The van der Waals surface area contributed by atoms with E-state index >= 15 is 0 Å². The maximum atomic E-state index is 13.3. The highest BCUT2D eigenvalue weighted by Crippen LogP contribution is 2.31. The lowest BCUT2D eigenvalue weighted by Gasteiger charge is -2.35. The van der Waals surface area contributed by atoms with Gasteiger partial charge >= 0.3 is 0 Å². The van der Waals surface area contributed by atoms with E-state index in [1.807, 2.05) is 0 Å². The van der Waals surface area contributed by atoms with Gasteiger partial charge in [-0.3, -0.25) is 0 Å². The van der Waals surface area contributed by atoms with Crippen LogP contribution in [0, 0.1) is 5.82 Å². The molecule has 2 rings (SSSR count).